The van der Waals surface area contributed by atoms with Crippen LogP contribution >= 0.6 is 11.6 Å². The van der Waals surface area contributed by atoms with Crippen LogP contribution in [0.25, 0.3) is 0 Å². The molecule has 0 aromatic heterocycles. The van der Waals surface area contributed by atoms with Crippen LogP contribution in [0.2, 0.25) is 5.02 Å². The number of hydrogen-bond donors (Lipinski definition) is 1. The summed E-state index contributed by atoms with van der Waals surface area (Å²) >= 11 is 6.14. The highest BCUT2D eigenvalue weighted by molar-refractivity contribution is 7.94. The second-order valence-corrected chi connectivity index (χ2v) is 9.02. The summed E-state index contributed by atoms with van der Waals surface area (Å²) in [5.41, 5.74) is 0.347. The third kappa shape index (κ3) is 3.67. The van der Waals surface area contributed by atoms with Crippen molar-refractivity contribution in [2.24, 2.45) is 5.92 Å². The molecule has 1 heterocycles. The number of rotatable bonds is 3. The van der Waals surface area contributed by atoms with Gasteiger partial charge in [0.1, 0.15) is 0 Å². The van der Waals surface area contributed by atoms with Gasteiger partial charge in [-0.15, -0.1) is 0 Å². The molecule has 1 saturated heterocycles. The topological polar surface area (TPSA) is 83.6 Å². The van der Waals surface area contributed by atoms with E-state index in [1.165, 1.54) is 24.6 Å². The summed E-state index contributed by atoms with van der Waals surface area (Å²) in [6, 6.07) is 4.40. The van der Waals surface area contributed by atoms with Crippen LogP contribution in [0.15, 0.2) is 18.2 Å². The minimum atomic E-state index is -3.71. The molecule has 136 valence electrons. The Hall–Kier alpha value is -1.60. The maximum absolute atomic E-state index is 12.6. The van der Waals surface area contributed by atoms with Gasteiger partial charge in [-0.1, -0.05) is 37.8 Å². The van der Waals surface area contributed by atoms with E-state index in [4.69, 9.17) is 11.6 Å². The summed E-state index contributed by atoms with van der Waals surface area (Å²) in [4.78, 5) is 24.8. The molecule has 25 heavy (non-hydrogen) atoms. The van der Waals surface area contributed by atoms with Crippen molar-refractivity contribution in [3.8, 4) is 0 Å². The number of nitrogens with one attached hydrogen (secondary N) is 1. The van der Waals surface area contributed by atoms with Crippen molar-refractivity contribution in [1.29, 1.82) is 0 Å². The molecule has 1 aromatic carbocycles. The van der Waals surface area contributed by atoms with E-state index in [2.05, 4.69) is 5.32 Å². The third-order valence-electron chi connectivity index (χ3n) is 4.73. The molecule has 2 amide bonds. The van der Waals surface area contributed by atoms with Gasteiger partial charge in [-0.3, -0.25) is 9.59 Å². The zero-order valence-electron chi connectivity index (χ0n) is 14.0. The summed E-state index contributed by atoms with van der Waals surface area (Å²) in [7, 11) is -3.71. The average Bonchev–Trinajstić information content (AvgIpc) is 2.77. The van der Waals surface area contributed by atoms with E-state index in [1.54, 1.807) is 6.92 Å². The molecule has 1 unspecified atom stereocenters. The van der Waals surface area contributed by atoms with Crippen molar-refractivity contribution in [3.05, 3.63) is 28.8 Å². The van der Waals surface area contributed by atoms with Gasteiger partial charge in [0.25, 0.3) is 5.91 Å². The quantitative estimate of drug-likeness (QED) is 0.868. The average molecular weight is 385 g/mol. The van der Waals surface area contributed by atoms with Crippen molar-refractivity contribution < 1.29 is 18.0 Å². The maximum Gasteiger partial charge on any atom is 0.253 e. The fraction of sp³-hybridized carbons (Fsp3) is 0.529. The van der Waals surface area contributed by atoms with Gasteiger partial charge < -0.3 is 5.32 Å². The monoisotopic (exact) mass is 384 g/mol. The zero-order chi connectivity index (χ0) is 18.2. The van der Waals surface area contributed by atoms with Crippen molar-refractivity contribution in [2.45, 2.75) is 45.1 Å². The normalized spacial score (nSPS) is 23.7. The number of sulfonamides is 1. The minimum Gasteiger partial charge on any atom is -0.349 e. The Morgan fingerprint density at radius 1 is 1.24 bits per heavy atom. The largest absolute Gasteiger partial charge is 0.349 e. The smallest absolute Gasteiger partial charge is 0.253 e. The lowest BCUT2D eigenvalue weighted by Crippen LogP contribution is -2.36. The Morgan fingerprint density at radius 2 is 1.92 bits per heavy atom. The predicted molar refractivity (Wildman–Crippen MR) is 96.2 cm³/mol. The van der Waals surface area contributed by atoms with Gasteiger partial charge >= 0.3 is 0 Å². The van der Waals surface area contributed by atoms with Crippen LogP contribution in [-0.2, 0) is 14.8 Å². The molecule has 0 bridgehead atoms. The molecule has 1 saturated carbocycles. The molecule has 0 radical (unpaired) electrons. The molecule has 8 heteroatoms. The van der Waals surface area contributed by atoms with E-state index in [0.717, 1.165) is 30.0 Å². The third-order valence-corrected chi connectivity index (χ3v) is 6.93. The van der Waals surface area contributed by atoms with Crippen molar-refractivity contribution in [2.75, 3.05) is 10.1 Å². The van der Waals surface area contributed by atoms with Crippen LogP contribution in [0, 0.1) is 5.92 Å². The highest BCUT2D eigenvalue weighted by Gasteiger charge is 2.42. The summed E-state index contributed by atoms with van der Waals surface area (Å²) in [5, 5.41) is 3.19. The Bertz CT molecular complexity index is 803. The molecular weight excluding hydrogens is 364 g/mol. The molecule has 1 aliphatic heterocycles. The van der Waals surface area contributed by atoms with E-state index in [-0.39, 0.29) is 34.0 Å². The molecule has 0 spiro atoms. The highest BCUT2D eigenvalue weighted by Crippen LogP contribution is 2.31. The molecular formula is C17H21ClN2O4S. The molecule has 1 aliphatic carbocycles. The van der Waals surface area contributed by atoms with E-state index in [0.29, 0.717) is 0 Å². The van der Waals surface area contributed by atoms with Gasteiger partial charge in [0.2, 0.25) is 15.9 Å². The second-order valence-electron chi connectivity index (χ2n) is 6.75. The van der Waals surface area contributed by atoms with E-state index in [1.807, 2.05) is 0 Å². The number of carbonyl (C=O) groups excluding carboxylic acids is 2. The van der Waals surface area contributed by atoms with Crippen LogP contribution in [0.5, 0.6) is 0 Å². The first-order valence-corrected chi connectivity index (χ1v) is 10.5. The van der Waals surface area contributed by atoms with Gasteiger partial charge in [0.15, 0.2) is 0 Å². The molecule has 1 aromatic rings. The molecule has 1 atom stereocenters. The van der Waals surface area contributed by atoms with Gasteiger partial charge in [0, 0.05) is 6.04 Å². The Morgan fingerprint density at radius 3 is 2.52 bits per heavy atom. The number of nitrogens with zero attached hydrogens (tertiary/aromatic N) is 1. The lowest BCUT2D eigenvalue weighted by atomic mass is 9.95. The van der Waals surface area contributed by atoms with Crippen molar-refractivity contribution in [3.63, 3.8) is 0 Å². The summed E-state index contributed by atoms with van der Waals surface area (Å²) in [5.74, 6) is -1.64. The van der Waals surface area contributed by atoms with Crippen LogP contribution < -0.4 is 9.62 Å². The van der Waals surface area contributed by atoms with Crippen molar-refractivity contribution >= 4 is 39.1 Å². The van der Waals surface area contributed by atoms with Gasteiger partial charge in [-0.05, 0) is 31.0 Å². The molecule has 1 N–H and O–H groups in total. The van der Waals surface area contributed by atoms with E-state index >= 15 is 0 Å². The number of anilines is 1. The van der Waals surface area contributed by atoms with E-state index < -0.39 is 21.8 Å². The van der Waals surface area contributed by atoms with Gasteiger partial charge in [0.05, 0.1) is 27.9 Å². The zero-order valence-corrected chi connectivity index (χ0v) is 15.6. The highest BCUT2D eigenvalue weighted by atomic mass is 35.5. The van der Waals surface area contributed by atoms with Gasteiger partial charge in [-0.2, -0.15) is 0 Å². The van der Waals surface area contributed by atoms with Crippen LogP contribution in [0.4, 0.5) is 5.69 Å². The second kappa shape index (κ2) is 6.96. The Labute approximate surface area is 152 Å². The summed E-state index contributed by atoms with van der Waals surface area (Å²) in [6.45, 7) is 1.58. The lowest BCUT2D eigenvalue weighted by Gasteiger charge is -2.23. The molecule has 2 fully saturated rings. The minimum absolute atomic E-state index is 0.109. The van der Waals surface area contributed by atoms with Crippen LogP contribution in [-0.4, -0.2) is 32.0 Å². The molecule has 3 rings (SSSR count). The first-order chi connectivity index (χ1) is 11.8. The number of halogens is 1. The summed E-state index contributed by atoms with van der Waals surface area (Å²) in [6.07, 6.45) is 5.20. The maximum atomic E-state index is 12.6. The Balaban J connectivity index is 1.88. The first kappa shape index (κ1) is 18.2. The fourth-order valence-corrected chi connectivity index (χ4v) is 5.43. The van der Waals surface area contributed by atoms with Crippen LogP contribution in [0.3, 0.4) is 0 Å². The predicted octanol–water partition coefficient (Wildman–Crippen LogP) is 2.72. The Kier molecular flexibility index (Phi) is 5.06. The van der Waals surface area contributed by atoms with E-state index in [9.17, 15) is 18.0 Å². The standard InChI is InChI=1S/C17H21ClN2O4S/c1-11-10-25(23,24)20(17(11)22)13-7-8-15(18)14(9-13)16(21)19-12-5-3-2-4-6-12/h7-9,11-12H,2-6,10H2,1H3,(H,19,21). The van der Waals surface area contributed by atoms with Crippen LogP contribution in [0.1, 0.15) is 49.4 Å². The first-order valence-electron chi connectivity index (χ1n) is 8.47. The lowest BCUT2D eigenvalue weighted by molar-refractivity contribution is -0.119. The van der Waals surface area contributed by atoms with Crippen molar-refractivity contribution in [1.82, 2.24) is 5.32 Å². The molecule has 2 aliphatic rings. The van der Waals surface area contributed by atoms with Gasteiger partial charge in [-0.25, -0.2) is 12.7 Å². The number of carbonyl (C=O) groups is 2. The molecule has 6 nitrogen and oxygen atoms in total. The SMILES string of the molecule is CC1CS(=O)(=O)N(c2ccc(Cl)c(C(=O)NC3CCCCC3)c2)C1=O. The number of hydrogen-bond acceptors (Lipinski definition) is 4. The number of amides is 2. The number of benzene rings is 1. The fourth-order valence-electron chi connectivity index (χ4n) is 3.41. The summed E-state index contributed by atoms with van der Waals surface area (Å²) < 4.78 is 25.3.